The Labute approximate surface area is 143 Å². The molecule has 0 saturated carbocycles. The summed E-state index contributed by atoms with van der Waals surface area (Å²) in [7, 11) is 0. The first-order valence-electron chi connectivity index (χ1n) is 7.20. The number of hydrogen-bond donors (Lipinski definition) is 0. The maximum atomic E-state index is 9.16. The maximum Gasteiger partial charge on any atom is 0.258 e. The van der Waals surface area contributed by atoms with Gasteiger partial charge < -0.3 is 9.26 Å². The highest BCUT2D eigenvalue weighted by Gasteiger charge is 2.13. The third-order valence-electron chi connectivity index (χ3n) is 3.18. The molecule has 0 bridgehead atoms. The average molecular weight is 329 g/mol. The highest BCUT2D eigenvalue weighted by molar-refractivity contribution is 5.62. The molecule has 25 heavy (non-hydrogen) atoms. The third-order valence-corrected chi connectivity index (χ3v) is 3.18. The van der Waals surface area contributed by atoms with Gasteiger partial charge in [0.15, 0.2) is 0 Å². The van der Waals surface area contributed by atoms with Gasteiger partial charge in [0.25, 0.3) is 5.89 Å². The molecule has 0 aliphatic rings. The van der Waals surface area contributed by atoms with E-state index in [9.17, 15) is 0 Å². The standard InChI is InChI=1S/C18H11N5O2/c1-3-6-24-15-8-12(10-19)7-13(9-15)18-22-17(23-25-18)16-5-4-14(20-2)11-21-16/h3-5,7-9,11H,1,6H2. The van der Waals surface area contributed by atoms with Crippen LogP contribution in [0.1, 0.15) is 5.56 Å². The van der Waals surface area contributed by atoms with Gasteiger partial charge in [-0.05, 0) is 24.3 Å². The van der Waals surface area contributed by atoms with Crippen LogP contribution in [0, 0.1) is 17.9 Å². The van der Waals surface area contributed by atoms with Crippen LogP contribution in [0.25, 0.3) is 27.8 Å². The molecule has 1 aromatic carbocycles. The van der Waals surface area contributed by atoms with Crippen LogP contribution in [-0.2, 0) is 0 Å². The summed E-state index contributed by atoms with van der Waals surface area (Å²) in [6.45, 7) is 10.8. The van der Waals surface area contributed by atoms with Crippen molar-refractivity contribution in [1.82, 2.24) is 15.1 Å². The Bertz CT molecular complexity index is 994. The van der Waals surface area contributed by atoms with Gasteiger partial charge in [-0.15, -0.1) is 0 Å². The SMILES string of the molecule is [C-]#[N+]c1ccc(-c2noc(-c3cc(C#N)cc(OCC=C)c3)n2)nc1. The zero-order chi connectivity index (χ0) is 17.6. The van der Waals surface area contributed by atoms with Crippen LogP contribution >= 0.6 is 0 Å². The number of hydrogen-bond acceptors (Lipinski definition) is 6. The van der Waals surface area contributed by atoms with Gasteiger partial charge in [-0.25, -0.2) is 4.85 Å². The summed E-state index contributed by atoms with van der Waals surface area (Å²) >= 11 is 0. The number of ether oxygens (including phenoxy) is 1. The molecule has 0 aliphatic heterocycles. The summed E-state index contributed by atoms with van der Waals surface area (Å²) in [4.78, 5) is 11.7. The number of benzene rings is 1. The maximum absolute atomic E-state index is 9.16. The Kier molecular flexibility index (Phi) is 4.50. The average Bonchev–Trinajstić information content (AvgIpc) is 3.16. The van der Waals surface area contributed by atoms with Gasteiger partial charge in [0, 0.05) is 11.8 Å². The number of rotatable bonds is 5. The van der Waals surface area contributed by atoms with Gasteiger partial charge in [-0.3, -0.25) is 4.98 Å². The smallest absolute Gasteiger partial charge is 0.258 e. The molecular formula is C18H11N5O2. The fourth-order valence-corrected chi connectivity index (χ4v) is 2.05. The molecular weight excluding hydrogens is 318 g/mol. The minimum absolute atomic E-state index is 0.242. The molecule has 0 fully saturated rings. The van der Waals surface area contributed by atoms with Gasteiger partial charge in [-0.1, -0.05) is 23.9 Å². The van der Waals surface area contributed by atoms with E-state index < -0.39 is 0 Å². The van der Waals surface area contributed by atoms with Crippen molar-refractivity contribution in [3.8, 4) is 34.8 Å². The van der Waals surface area contributed by atoms with Crippen LogP contribution in [0.5, 0.6) is 5.75 Å². The van der Waals surface area contributed by atoms with Gasteiger partial charge in [0.1, 0.15) is 18.1 Å². The second-order valence-corrected chi connectivity index (χ2v) is 4.89. The second kappa shape index (κ2) is 7.07. The Balaban J connectivity index is 1.94. The minimum atomic E-state index is 0.242. The lowest BCUT2D eigenvalue weighted by Crippen LogP contribution is -1.94. The molecule has 7 heteroatoms. The van der Waals surface area contributed by atoms with E-state index >= 15 is 0 Å². The van der Waals surface area contributed by atoms with Crippen LogP contribution < -0.4 is 4.74 Å². The summed E-state index contributed by atoms with van der Waals surface area (Å²) in [5, 5.41) is 13.1. The number of aromatic nitrogens is 3. The van der Waals surface area contributed by atoms with Gasteiger partial charge in [0.2, 0.25) is 11.5 Å². The first kappa shape index (κ1) is 15.9. The van der Waals surface area contributed by atoms with Crippen molar-refractivity contribution in [3.63, 3.8) is 0 Å². The van der Waals surface area contributed by atoms with Crippen molar-refractivity contribution in [1.29, 1.82) is 5.26 Å². The van der Waals surface area contributed by atoms with Gasteiger partial charge >= 0.3 is 0 Å². The second-order valence-electron chi connectivity index (χ2n) is 4.89. The highest BCUT2D eigenvalue weighted by Crippen LogP contribution is 2.27. The van der Waals surface area contributed by atoms with Crippen LogP contribution in [0.4, 0.5) is 5.69 Å². The molecule has 0 aliphatic carbocycles. The van der Waals surface area contributed by atoms with Crippen LogP contribution in [0.3, 0.4) is 0 Å². The third kappa shape index (κ3) is 3.52. The largest absolute Gasteiger partial charge is 0.489 e. The predicted molar refractivity (Wildman–Crippen MR) is 89.6 cm³/mol. The summed E-state index contributed by atoms with van der Waals surface area (Å²) < 4.78 is 10.8. The monoisotopic (exact) mass is 329 g/mol. The lowest BCUT2D eigenvalue weighted by molar-refractivity contribution is 0.363. The molecule has 0 radical (unpaired) electrons. The topological polar surface area (TPSA) is 89.2 Å². The summed E-state index contributed by atoms with van der Waals surface area (Å²) in [5.41, 5.74) is 1.89. The minimum Gasteiger partial charge on any atom is -0.489 e. The van der Waals surface area contributed by atoms with Crippen molar-refractivity contribution in [3.05, 3.63) is 66.2 Å². The molecule has 2 heterocycles. The molecule has 2 aromatic heterocycles. The summed E-state index contributed by atoms with van der Waals surface area (Å²) in [6, 6.07) is 10.3. The Morgan fingerprint density at radius 1 is 1.36 bits per heavy atom. The van der Waals surface area contributed by atoms with Crippen molar-refractivity contribution in [2.45, 2.75) is 0 Å². The van der Waals surface area contributed by atoms with Crippen LogP contribution in [0.2, 0.25) is 0 Å². The molecule has 7 nitrogen and oxygen atoms in total. The fraction of sp³-hybridized carbons (Fsp3) is 0.0556. The quantitative estimate of drug-likeness (QED) is 0.522. The molecule has 3 aromatic rings. The Morgan fingerprint density at radius 3 is 2.92 bits per heavy atom. The first-order chi connectivity index (χ1) is 12.2. The fourth-order valence-electron chi connectivity index (χ4n) is 2.05. The van der Waals surface area contributed by atoms with Crippen molar-refractivity contribution in [2.75, 3.05) is 6.61 Å². The van der Waals surface area contributed by atoms with Crippen molar-refractivity contribution < 1.29 is 9.26 Å². The van der Waals surface area contributed by atoms with Crippen molar-refractivity contribution in [2.24, 2.45) is 0 Å². The van der Waals surface area contributed by atoms with Crippen LogP contribution in [-0.4, -0.2) is 21.7 Å². The van der Waals surface area contributed by atoms with E-state index in [1.807, 2.05) is 0 Å². The molecule has 0 atom stereocenters. The first-order valence-corrected chi connectivity index (χ1v) is 7.20. The van der Waals surface area contributed by atoms with Gasteiger partial charge in [-0.2, -0.15) is 10.2 Å². The van der Waals surface area contributed by atoms with E-state index in [1.165, 1.54) is 6.20 Å². The molecule has 0 spiro atoms. The van der Waals surface area contributed by atoms with E-state index in [4.69, 9.17) is 21.1 Å². The lowest BCUT2D eigenvalue weighted by atomic mass is 10.1. The molecule has 0 amide bonds. The number of nitriles is 1. The summed E-state index contributed by atoms with van der Waals surface area (Å²) in [5.74, 6) is 1.04. The number of nitrogens with zero attached hydrogens (tertiary/aromatic N) is 5. The lowest BCUT2D eigenvalue weighted by Gasteiger charge is -2.05. The molecule has 120 valence electrons. The highest BCUT2D eigenvalue weighted by atomic mass is 16.5. The van der Waals surface area contributed by atoms with Crippen molar-refractivity contribution >= 4 is 5.69 Å². The molecule has 0 unspecified atom stereocenters. The van der Waals surface area contributed by atoms with E-state index in [1.54, 1.807) is 36.4 Å². The van der Waals surface area contributed by atoms with Crippen LogP contribution in [0.15, 0.2) is 53.7 Å². The zero-order valence-electron chi connectivity index (χ0n) is 13.0. The Hall–Kier alpha value is -3.97. The molecule has 0 N–H and O–H groups in total. The van der Waals surface area contributed by atoms with E-state index in [0.717, 1.165) is 0 Å². The Morgan fingerprint density at radius 2 is 2.24 bits per heavy atom. The summed E-state index contributed by atoms with van der Waals surface area (Å²) in [6.07, 6.45) is 3.05. The molecule has 0 saturated heterocycles. The van der Waals surface area contributed by atoms with E-state index in [0.29, 0.717) is 40.7 Å². The predicted octanol–water partition coefficient (Wildman–Crippen LogP) is 3.79. The van der Waals surface area contributed by atoms with E-state index in [2.05, 4.69) is 32.6 Å². The zero-order valence-corrected chi connectivity index (χ0v) is 13.0. The van der Waals surface area contributed by atoms with Gasteiger partial charge in [0.05, 0.1) is 18.2 Å². The normalized spacial score (nSPS) is 9.84. The molecule has 3 rings (SSSR count). The van der Waals surface area contributed by atoms with E-state index in [-0.39, 0.29) is 5.89 Å². The number of pyridine rings is 1.